The summed E-state index contributed by atoms with van der Waals surface area (Å²) in [4.78, 5) is 22.3. The van der Waals surface area contributed by atoms with Crippen molar-refractivity contribution >= 4 is 21.8 Å². The van der Waals surface area contributed by atoms with Gasteiger partial charge in [0, 0.05) is 19.3 Å². The molecule has 1 aliphatic carbocycles. The third kappa shape index (κ3) is 4.17. The fourth-order valence-electron chi connectivity index (χ4n) is 1.73. The van der Waals surface area contributed by atoms with Crippen molar-refractivity contribution in [2.24, 2.45) is 5.41 Å². The molecule has 0 unspecified atom stereocenters. The number of aliphatic carboxylic acids is 1. The largest absolute Gasteiger partial charge is 0.481 e. The molecule has 104 valence electrons. The number of rotatable bonds is 6. The molecule has 0 aromatic rings. The monoisotopic (exact) mass is 278 g/mol. The van der Waals surface area contributed by atoms with E-state index in [2.05, 4.69) is 10.6 Å². The van der Waals surface area contributed by atoms with Crippen molar-refractivity contribution < 1.29 is 23.1 Å². The Bertz CT molecular complexity index is 428. The first-order chi connectivity index (χ1) is 8.25. The zero-order chi connectivity index (χ0) is 13.8. The van der Waals surface area contributed by atoms with E-state index in [9.17, 15) is 18.0 Å². The number of sulfone groups is 1. The topological polar surface area (TPSA) is 113 Å². The lowest BCUT2D eigenvalue weighted by molar-refractivity contribution is -0.153. The molecule has 0 bridgehead atoms. The van der Waals surface area contributed by atoms with E-state index in [1.807, 2.05) is 0 Å². The minimum absolute atomic E-state index is 0.0186. The van der Waals surface area contributed by atoms with Gasteiger partial charge in [-0.25, -0.2) is 13.2 Å². The van der Waals surface area contributed by atoms with E-state index in [4.69, 9.17) is 5.11 Å². The number of hydrogen-bond donors (Lipinski definition) is 3. The highest BCUT2D eigenvalue weighted by Crippen LogP contribution is 2.40. The van der Waals surface area contributed by atoms with Crippen LogP contribution in [0.2, 0.25) is 0 Å². The van der Waals surface area contributed by atoms with Gasteiger partial charge in [0.2, 0.25) is 0 Å². The molecule has 0 aromatic heterocycles. The second kappa shape index (κ2) is 5.55. The number of amides is 2. The maximum absolute atomic E-state index is 11.3. The van der Waals surface area contributed by atoms with Crippen molar-refractivity contribution in [2.45, 2.75) is 19.3 Å². The summed E-state index contributed by atoms with van der Waals surface area (Å²) in [6, 6.07) is -0.536. The van der Waals surface area contributed by atoms with Gasteiger partial charge in [0.05, 0.1) is 11.2 Å². The van der Waals surface area contributed by atoms with Crippen LogP contribution in [0.25, 0.3) is 0 Å². The number of carbonyl (C=O) groups is 2. The number of hydrogen-bond acceptors (Lipinski definition) is 4. The van der Waals surface area contributed by atoms with Gasteiger partial charge in [-0.1, -0.05) is 6.42 Å². The molecular formula is C10H18N2O5S. The summed E-state index contributed by atoms with van der Waals surface area (Å²) in [5.41, 5.74) is -0.839. The van der Waals surface area contributed by atoms with E-state index in [1.165, 1.54) is 0 Å². The normalized spacial score (nSPS) is 17.6. The standard InChI is InChI=1S/C10H18N2O5S/c1-18(16,17)6-5-11-9(15)12-7-10(8(13)14)3-2-4-10/h2-7H2,1H3,(H,13,14)(H2,11,12,15). The highest BCUT2D eigenvalue weighted by molar-refractivity contribution is 7.90. The van der Waals surface area contributed by atoms with Crippen LogP contribution in [0.4, 0.5) is 4.79 Å². The maximum Gasteiger partial charge on any atom is 0.314 e. The van der Waals surface area contributed by atoms with E-state index in [0.717, 1.165) is 12.7 Å². The van der Waals surface area contributed by atoms with Crippen LogP contribution in [0.15, 0.2) is 0 Å². The van der Waals surface area contributed by atoms with Crippen LogP contribution in [0.5, 0.6) is 0 Å². The van der Waals surface area contributed by atoms with E-state index < -0.39 is 27.3 Å². The number of carboxylic acid groups (broad SMARTS) is 1. The second-order valence-electron chi connectivity index (χ2n) is 4.68. The third-order valence-electron chi connectivity index (χ3n) is 3.11. The van der Waals surface area contributed by atoms with Gasteiger partial charge in [-0.15, -0.1) is 0 Å². The predicted molar refractivity (Wildman–Crippen MR) is 65.0 cm³/mol. The van der Waals surface area contributed by atoms with Gasteiger partial charge in [-0.3, -0.25) is 4.79 Å². The SMILES string of the molecule is CS(=O)(=O)CCNC(=O)NCC1(C(=O)O)CCC1. The molecule has 0 heterocycles. The quantitative estimate of drug-likeness (QED) is 0.611. The van der Waals surface area contributed by atoms with Gasteiger partial charge in [-0.2, -0.15) is 0 Å². The first kappa shape index (κ1) is 14.7. The molecule has 1 rings (SSSR count). The smallest absolute Gasteiger partial charge is 0.314 e. The first-order valence-electron chi connectivity index (χ1n) is 5.68. The molecule has 2 amide bonds. The Morgan fingerprint density at radius 1 is 1.28 bits per heavy atom. The first-order valence-corrected chi connectivity index (χ1v) is 7.74. The van der Waals surface area contributed by atoms with Gasteiger partial charge in [-0.05, 0) is 12.8 Å². The highest BCUT2D eigenvalue weighted by atomic mass is 32.2. The number of urea groups is 1. The van der Waals surface area contributed by atoms with Crippen LogP contribution < -0.4 is 10.6 Å². The molecule has 0 aromatic carbocycles. The second-order valence-corrected chi connectivity index (χ2v) is 6.94. The molecule has 1 saturated carbocycles. The molecule has 0 atom stereocenters. The minimum atomic E-state index is -3.11. The molecule has 18 heavy (non-hydrogen) atoms. The number of carboxylic acids is 1. The zero-order valence-corrected chi connectivity index (χ0v) is 11.0. The molecule has 3 N–H and O–H groups in total. The summed E-state index contributed by atoms with van der Waals surface area (Å²) in [5.74, 6) is -1.03. The molecule has 1 fully saturated rings. The van der Waals surface area contributed by atoms with Crippen molar-refractivity contribution in [1.29, 1.82) is 0 Å². The summed E-state index contributed by atoms with van der Waals surface area (Å²) in [6.07, 6.45) is 3.06. The summed E-state index contributed by atoms with van der Waals surface area (Å²) < 4.78 is 21.7. The Hall–Kier alpha value is -1.31. The summed E-state index contributed by atoms with van der Waals surface area (Å²) >= 11 is 0. The van der Waals surface area contributed by atoms with E-state index >= 15 is 0 Å². The third-order valence-corrected chi connectivity index (χ3v) is 4.06. The molecular weight excluding hydrogens is 260 g/mol. The average molecular weight is 278 g/mol. The highest BCUT2D eigenvalue weighted by Gasteiger charge is 2.44. The molecule has 1 aliphatic rings. The fourth-order valence-corrected chi connectivity index (χ4v) is 2.20. The van der Waals surface area contributed by atoms with Crippen LogP contribution >= 0.6 is 0 Å². The number of nitrogens with one attached hydrogen (secondary N) is 2. The van der Waals surface area contributed by atoms with Crippen LogP contribution in [0, 0.1) is 5.41 Å². The van der Waals surface area contributed by atoms with Gasteiger partial charge in [0.1, 0.15) is 9.84 Å². The van der Waals surface area contributed by atoms with Crippen molar-refractivity contribution in [3.8, 4) is 0 Å². The van der Waals surface area contributed by atoms with E-state index in [1.54, 1.807) is 0 Å². The average Bonchev–Trinajstić information content (AvgIpc) is 2.13. The minimum Gasteiger partial charge on any atom is -0.481 e. The summed E-state index contributed by atoms with van der Waals surface area (Å²) in [5, 5.41) is 13.9. The molecule has 0 aliphatic heterocycles. The lowest BCUT2D eigenvalue weighted by Gasteiger charge is -2.37. The Kier molecular flexibility index (Phi) is 4.55. The van der Waals surface area contributed by atoms with Gasteiger partial charge < -0.3 is 15.7 Å². The van der Waals surface area contributed by atoms with Gasteiger partial charge >= 0.3 is 12.0 Å². The Balaban J connectivity index is 2.27. The molecule has 0 radical (unpaired) electrons. The maximum atomic E-state index is 11.3. The Labute approximate surface area is 106 Å². The van der Waals surface area contributed by atoms with Crippen LogP contribution in [0.3, 0.4) is 0 Å². The van der Waals surface area contributed by atoms with Crippen LogP contribution in [-0.4, -0.2) is 50.6 Å². The Morgan fingerprint density at radius 2 is 1.89 bits per heavy atom. The van der Waals surface area contributed by atoms with Crippen molar-refractivity contribution in [3.05, 3.63) is 0 Å². The van der Waals surface area contributed by atoms with Gasteiger partial charge in [0.15, 0.2) is 0 Å². The van der Waals surface area contributed by atoms with Crippen LogP contribution in [0.1, 0.15) is 19.3 Å². The van der Waals surface area contributed by atoms with Crippen molar-refractivity contribution in [2.75, 3.05) is 25.1 Å². The van der Waals surface area contributed by atoms with Crippen LogP contribution in [-0.2, 0) is 14.6 Å². The van der Waals surface area contributed by atoms with E-state index in [0.29, 0.717) is 12.8 Å². The predicted octanol–water partition coefficient (Wildman–Crippen LogP) is -0.415. The molecule has 7 nitrogen and oxygen atoms in total. The molecule has 8 heteroatoms. The zero-order valence-electron chi connectivity index (χ0n) is 10.2. The lowest BCUT2D eigenvalue weighted by atomic mass is 9.69. The van der Waals surface area contributed by atoms with Gasteiger partial charge in [0.25, 0.3) is 0 Å². The summed E-state index contributed by atoms with van der Waals surface area (Å²) in [7, 11) is -3.11. The fraction of sp³-hybridized carbons (Fsp3) is 0.800. The van der Waals surface area contributed by atoms with Crippen molar-refractivity contribution in [1.82, 2.24) is 10.6 Å². The summed E-state index contributed by atoms with van der Waals surface area (Å²) in [6.45, 7) is 0.0950. The molecule has 0 spiro atoms. The van der Waals surface area contributed by atoms with Crippen molar-refractivity contribution in [3.63, 3.8) is 0 Å². The number of carbonyl (C=O) groups excluding carboxylic acids is 1. The Morgan fingerprint density at radius 3 is 2.28 bits per heavy atom. The van der Waals surface area contributed by atoms with E-state index in [-0.39, 0.29) is 18.8 Å². The lowest BCUT2D eigenvalue weighted by Crippen LogP contribution is -2.50. The molecule has 0 saturated heterocycles.